The van der Waals surface area contributed by atoms with Crippen molar-refractivity contribution in [3.63, 3.8) is 0 Å². The molecule has 22 heavy (non-hydrogen) atoms. The van der Waals surface area contributed by atoms with Crippen molar-refractivity contribution in [2.75, 3.05) is 26.2 Å². The molecule has 2 aliphatic rings. The van der Waals surface area contributed by atoms with Gasteiger partial charge in [-0.2, -0.15) is 0 Å². The average Bonchev–Trinajstić information content (AvgIpc) is 3.15. The van der Waals surface area contributed by atoms with Crippen molar-refractivity contribution in [1.82, 2.24) is 9.80 Å². The van der Waals surface area contributed by atoms with Gasteiger partial charge in [0.1, 0.15) is 0 Å². The predicted octanol–water partition coefficient (Wildman–Crippen LogP) is 1.85. The van der Waals surface area contributed by atoms with Crippen molar-refractivity contribution in [2.45, 2.75) is 38.8 Å². The van der Waals surface area contributed by atoms with Crippen LogP contribution in [0.15, 0.2) is 30.3 Å². The van der Waals surface area contributed by atoms with Crippen molar-refractivity contribution in [3.05, 3.63) is 35.9 Å². The van der Waals surface area contributed by atoms with E-state index < -0.39 is 0 Å². The van der Waals surface area contributed by atoms with E-state index >= 15 is 0 Å². The van der Waals surface area contributed by atoms with Gasteiger partial charge < -0.3 is 10.6 Å². The van der Waals surface area contributed by atoms with E-state index in [2.05, 4.69) is 36.1 Å². The van der Waals surface area contributed by atoms with Crippen molar-refractivity contribution < 1.29 is 4.79 Å². The lowest BCUT2D eigenvalue weighted by Gasteiger charge is -2.29. The predicted molar refractivity (Wildman–Crippen MR) is 88.2 cm³/mol. The van der Waals surface area contributed by atoms with Crippen LogP contribution in [0.25, 0.3) is 0 Å². The Morgan fingerprint density at radius 1 is 1.32 bits per heavy atom. The van der Waals surface area contributed by atoms with Gasteiger partial charge in [0.15, 0.2) is 0 Å². The van der Waals surface area contributed by atoms with Crippen LogP contribution in [-0.2, 0) is 11.3 Å². The van der Waals surface area contributed by atoms with Gasteiger partial charge in [-0.15, -0.1) is 0 Å². The zero-order valence-electron chi connectivity index (χ0n) is 13.5. The lowest BCUT2D eigenvalue weighted by atomic mass is 9.90. The summed E-state index contributed by atoms with van der Waals surface area (Å²) in [5.74, 6) is 0.311. The van der Waals surface area contributed by atoms with Gasteiger partial charge in [0.25, 0.3) is 0 Å². The summed E-state index contributed by atoms with van der Waals surface area (Å²) in [7, 11) is 0. The molecule has 0 bridgehead atoms. The van der Waals surface area contributed by atoms with Crippen LogP contribution in [0.5, 0.6) is 0 Å². The van der Waals surface area contributed by atoms with Gasteiger partial charge in [-0.3, -0.25) is 9.69 Å². The molecule has 2 unspecified atom stereocenters. The maximum Gasteiger partial charge on any atom is 0.239 e. The molecule has 1 aromatic rings. The van der Waals surface area contributed by atoms with E-state index in [1.165, 1.54) is 5.56 Å². The molecule has 1 aromatic carbocycles. The highest BCUT2D eigenvalue weighted by Gasteiger charge is 2.40. The summed E-state index contributed by atoms with van der Waals surface area (Å²) >= 11 is 0. The van der Waals surface area contributed by atoms with E-state index in [1.807, 2.05) is 11.0 Å². The number of nitrogens with zero attached hydrogens (tertiary/aromatic N) is 2. The molecule has 0 aliphatic carbocycles. The van der Waals surface area contributed by atoms with Crippen molar-refractivity contribution >= 4 is 5.91 Å². The van der Waals surface area contributed by atoms with E-state index in [4.69, 9.17) is 5.73 Å². The molecular formula is C18H27N3O. The molecule has 4 nitrogen and oxygen atoms in total. The molecular weight excluding hydrogens is 274 g/mol. The minimum atomic E-state index is 0.0559. The Bertz CT molecular complexity index is 518. The number of benzene rings is 1. The molecule has 0 spiro atoms. The minimum absolute atomic E-state index is 0.0559. The number of nitrogens with two attached hydrogens (primary N) is 1. The second-order valence-corrected chi connectivity index (χ2v) is 7.14. The number of amides is 1. The Morgan fingerprint density at radius 3 is 2.77 bits per heavy atom. The Kier molecular flexibility index (Phi) is 4.50. The number of hydrogen-bond donors (Lipinski definition) is 1. The van der Waals surface area contributed by atoms with Crippen LogP contribution < -0.4 is 5.73 Å². The standard InChI is InChI=1S/C18H27N3O/c1-18(13-19)9-11-21(14-18)17(22)16-8-5-10-20(16)12-15-6-3-2-4-7-15/h2-4,6-7,16H,5,8-14,19H2,1H3. The maximum absolute atomic E-state index is 12.9. The number of carbonyl (C=O) groups excluding carboxylic acids is 1. The second kappa shape index (κ2) is 6.39. The summed E-state index contributed by atoms with van der Waals surface area (Å²) in [5.41, 5.74) is 7.26. The van der Waals surface area contributed by atoms with Gasteiger partial charge in [-0.1, -0.05) is 37.3 Å². The summed E-state index contributed by atoms with van der Waals surface area (Å²) < 4.78 is 0. The first-order valence-corrected chi connectivity index (χ1v) is 8.38. The first-order valence-electron chi connectivity index (χ1n) is 8.38. The molecule has 2 N–H and O–H groups in total. The van der Waals surface area contributed by atoms with Crippen LogP contribution in [0.4, 0.5) is 0 Å². The molecule has 2 saturated heterocycles. The molecule has 3 rings (SSSR count). The molecule has 0 aromatic heterocycles. The molecule has 0 saturated carbocycles. The summed E-state index contributed by atoms with van der Waals surface area (Å²) in [6.07, 6.45) is 3.13. The summed E-state index contributed by atoms with van der Waals surface area (Å²) in [4.78, 5) is 17.3. The normalized spacial score (nSPS) is 29.2. The third-order valence-electron chi connectivity index (χ3n) is 5.24. The lowest BCUT2D eigenvalue weighted by Crippen LogP contribution is -2.45. The highest BCUT2D eigenvalue weighted by Crippen LogP contribution is 2.31. The molecule has 0 radical (unpaired) electrons. The molecule has 2 atom stereocenters. The van der Waals surface area contributed by atoms with E-state index in [9.17, 15) is 4.79 Å². The third-order valence-corrected chi connectivity index (χ3v) is 5.24. The molecule has 2 heterocycles. The Balaban J connectivity index is 1.64. The fraction of sp³-hybridized carbons (Fsp3) is 0.611. The van der Waals surface area contributed by atoms with Crippen LogP contribution in [0.2, 0.25) is 0 Å². The first-order chi connectivity index (χ1) is 10.6. The van der Waals surface area contributed by atoms with Crippen LogP contribution in [0, 0.1) is 5.41 Å². The maximum atomic E-state index is 12.9. The van der Waals surface area contributed by atoms with Crippen molar-refractivity contribution in [3.8, 4) is 0 Å². The molecule has 1 amide bonds. The van der Waals surface area contributed by atoms with Gasteiger partial charge in [-0.05, 0) is 43.3 Å². The highest BCUT2D eigenvalue weighted by atomic mass is 16.2. The number of carbonyl (C=O) groups is 1. The SMILES string of the molecule is CC1(CN)CCN(C(=O)C2CCCN2Cc2ccccc2)C1. The van der Waals surface area contributed by atoms with Gasteiger partial charge >= 0.3 is 0 Å². The smallest absolute Gasteiger partial charge is 0.239 e. The minimum Gasteiger partial charge on any atom is -0.341 e. The van der Waals surface area contributed by atoms with Gasteiger partial charge in [0.05, 0.1) is 6.04 Å². The van der Waals surface area contributed by atoms with E-state index in [1.54, 1.807) is 0 Å². The van der Waals surface area contributed by atoms with Gasteiger partial charge in [-0.25, -0.2) is 0 Å². The Hall–Kier alpha value is -1.39. The topological polar surface area (TPSA) is 49.6 Å². The zero-order valence-corrected chi connectivity index (χ0v) is 13.5. The van der Waals surface area contributed by atoms with E-state index in [0.29, 0.717) is 12.5 Å². The fourth-order valence-electron chi connectivity index (χ4n) is 3.70. The summed E-state index contributed by atoms with van der Waals surface area (Å²) in [6.45, 7) is 6.43. The van der Waals surface area contributed by atoms with Crippen LogP contribution >= 0.6 is 0 Å². The van der Waals surface area contributed by atoms with E-state index in [0.717, 1.165) is 45.4 Å². The third kappa shape index (κ3) is 3.18. The summed E-state index contributed by atoms with van der Waals surface area (Å²) in [6, 6.07) is 10.5. The Labute approximate surface area is 133 Å². The van der Waals surface area contributed by atoms with E-state index in [-0.39, 0.29) is 11.5 Å². The Morgan fingerprint density at radius 2 is 2.09 bits per heavy atom. The first kappa shape index (κ1) is 15.5. The highest BCUT2D eigenvalue weighted by molar-refractivity contribution is 5.82. The fourth-order valence-corrected chi connectivity index (χ4v) is 3.70. The van der Waals surface area contributed by atoms with Crippen LogP contribution in [0.1, 0.15) is 31.7 Å². The van der Waals surface area contributed by atoms with Crippen LogP contribution in [0.3, 0.4) is 0 Å². The number of hydrogen-bond acceptors (Lipinski definition) is 3. The van der Waals surface area contributed by atoms with Gasteiger partial charge in [0, 0.05) is 19.6 Å². The summed E-state index contributed by atoms with van der Waals surface area (Å²) in [5, 5.41) is 0. The second-order valence-electron chi connectivity index (χ2n) is 7.14. The lowest BCUT2D eigenvalue weighted by molar-refractivity contribution is -0.135. The van der Waals surface area contributed by atoms with Gasteiger partial charge in [0.2, 0.25) is 5.91 Å². The van der Waals surface area contributed by atoms with Crippen molar-refractivity contribution in [1.29, 1.82) is 0 Å². The van der Waals surface area contributed by atoms with Crippen LogP contribution in [-0.4, -0.2) is 47.9 Å². The molecule has 2 fully saturated rings. The average molecular weight is 301 g/mol. The quantitative estimate of drug-likeness (QED) is 0.923. The zero-order chi connectivity index (χ0) is 15.6. The molecule has 120 valence electrons. The van der Waals surface area contributed by atoms with Crippen molar-refractivity contribution in [2.24, 2.45) is 11.1 Å². The monoisotopic (exact) mass is 301 g/mol. The molecule has 2 aliphatic heterocycles. The number of likely N-dealkylation sites (tertiary alicyclic amines) is 2. The number of rotatable bonds is 4. The largest absolute Gasteiger partial charge is 0.341 e. The molecule has 4 heteroatoms.